The third kappa shape index (κ3) is 5.13. The van der Waals surface area contributed by atoms with E-state index < -0.39 is 0 Å². The zero-order valence-corrected chi connectivity index (χ0v) is 23.1. The number of likely N-dealkylation sites (tertiary alicyclic amines) is 1. The molecule has 3 N–H and O–H groups in total. The fourth-order valence-corrected chi connectivity index (χ4v) is 5.60. The maximum Gasteiger partial charge on any atom is 0.225 e. The Bertz CT molecular complexity index is 1530. The number of carbonyl (C=O) groups is 1. The van der Waals surface area contributed by atoms with Gasteiger partial charge in [0.25, 0.3) is 0 Å². The van der Waals surface area contributed by atoms with Gasteiger partial charge in [-0.25, -0.2) is 9.98 Å². The Morgan fingerprint density at radius 2 is 1.90 bits per heavy atom. The number of hydrogen-bond acceptors (Lipinski definition) is 6. The third-order valence-electron chi connectivity index (χ3n) is 7.75. The highest BCUT2D eigenvalue weighted by molar-refractivity contribution is 6.20. The van der Waals surface area contributed by atoms with Crippen LogP contribution in [0.25, 0.3) is 22.1 Å². The van der Waals surface area contributed by atoms with Crippen LogP contribution in [-0.2, 0) is 4.79 Å². The summed E-state index contributed by atoms with van der Waals surface area (Å²) in [5.41, 5.74) is 11.2. The van der Waals surface area contributed by atoms with Gasteiger partial charge in [0.2, 0.25) is 5.91 Å². The molecule has 0 unspecified atom stereocenters. The molecule has 3 aliphatic rings. The second kappa shape index (κ2) is 10.7. The van der Waals surface area contributed by atoms with Gasteiger partial charge in [-0.05, 0) is 68.4 Å². The number of hydrogen-bond donors (Lipinski definition) is 2. The molecule has 1 amide bonds. The van der Waals surface area contributed by atoms with Crippen LogP contribution in [-0.4, -0.2) is 53.1 Å². The minimum Gasteiger partial charge on any atom is -0.464 e. The molecule has 0 spiro atoms. The van der Waals surface area contributed by atoms with Crippen LogP contribution in [0.1, 0.15) is 38.7 Å². The van der Waals surface area contributed by atoms with E-state index in [0.29, 0.717) is 35.7 Å². The van der Waals surface area contributed by atoms with Crippen molar-refractivity contribution in [2.45, 2.75) is 39.2 Å². The maximum atomic E-state index is 12.7. The molecule has 6 rings (SSSR count). The molecule has 1 aliphatic carbocycles. The molecule has 0 radical (unpaired) electrons. The molecule has 2 aromatic carbocycles. The van der Waals surface area contributed by atoms with Crippen molar-refractivity contribution in [3.63, 3.8) is 0 Å². The number of amides is 1. The van der Waals surface area contributed by atoms with Gasteiger partial charge in [0.15, 0.2) is 5.84 Å². The molecule has 3 aromatic rings. The predicted molar refractivity (Wildman–Crippen MR) is 159 cm³/mol. The summed E-state index contributed by atoms with van der Waals surface area (Å²) in [7, 11) is 0. The van der Waals surface area contributed by atoms with Crippen LogP contribution in [0.4, 0.5) is 0 Å². The van der Waals surface area contributed by atoms with Crippen molar-refractivity contribution < 1.29 is 9.21 Å². The monoisotopic (exact) mass is 536 g/mol. The Kier molecular flexibility index (Phi) is 6.92. The van der Waals surface area contributed by atoms with Crippen molar-refractivity contribution in [3.05, 3.63) is 84.7 Å². The molecule has 2 aliphatic heterocycles. The van der Waals surface area contributed by atoms with E-state index in [1.165, 1.54) is 6.20 Å². The maximum absolute atomic E-state index is 12.7. The molecule has 3 heterocycles. The zero-order valence-electron chi connectivity index (χ0n) is 23.1. The largest absolute Gasteiger partial charge is 0.464 e. The van der Waals surface area contributed by atoms with E-state index in [2.05, 4.69) is 58.2 Å². The number of carbonyl (C=O) groups excluding carboxylic acids is 1. The quantitative estimate of drug-likeness (QED) is 0.418. The number of nitrogens with two attached hydrogens (primary N) is 1. The van der Waals surface area contributed by atoms with E-state index in [1.807, 2.05) is 30.9 Å². The molecule has 1 saturated carbocycles. The van der Waals surface area contributed by atoms with Crippen molar-refractivity contribution in [3.8, 4) is 11.1 Å². The average molecular weight is 537 g/mol. The Hall–Kier alpha value is -4.33. The molecule has 8 nitrogen and oxygen atoms in total. The van der Waals surface area contributed by atoms with Gasteiger partial charge in [-0.1, -0.05) is 36.9 Å². The lowest BCUT2D eigenvalue weighted by atomic mass is 10.0. The molecule has 1 saturated heterocycles. The van der Waals surface area contributed by atoms with Crippen LogP contribution in [0.15, 0.2) is 93.5 Å². The SMILES string of the molecule is C=C/N=C1\C(=C(/N)NC(C)C)N=C(c2ccc(-c3ccc4occc4c3)cc2)N1C[C@@H]1CCN(C(=O)C2CC2)C1. The van der Waals surface area contributed by atoms with Gasteiger partial charge in [-0.2, -0.15) is 0 Å². The van der Waals surface area contributed by atoms with Crippen LogP contribution < -0.4 is 11.1 Å². The Morgan fingerprint density at radius 1 is 1.15 bits per heavy atom. The van der Waals surface area contributed by atoms with Crippen molar-refractivity contribution in [1.29, 1.82) is 0 Å². The van der Waals surface area contributed by atoms with Crippen LogP contribution in [0.2, 0.25) is 0 Å². The van der Waals surface area contributed by atoms with Gasteiger partial charge in [0.05, 0.1) is 6.26 Å². The van der Waals surface area contributed by atoms with Crippen LogP contribution >= 0.6 is 0 Å². The van der Waals surface area contributed by atoms with E-state index in [1.54, 1.807) is 6.26 Å². The molecule has 206 valence electrons. The molecule has 1 atom stereocenters. The topological polar surface area (TPSA) is 99.5 Å². The van der Waals surface area contributed by atoms with E-state index >= 15 is 0 Å². The van der Waals surface area contributed by atoms with Crippen molar-refractivity contribution in [2.75, 3.05) is 19.6 Å². The van der Waals surface area contributed by atoms with E-state index in [9.17, 15) is 4.79 Å². The number of aliphatic imine (C=N–C) groups is 2. The van der Waals surface area contributed by atoms with Crippen molar-refractivity contribution in [1.82, 2.24) is 15.1 Å². The Morgan fingerprint density at radius 3 is 2.62 bits per heavy atom. The van der Waals surface area contributed by atoms with E-state index in [-0.39, 0.29) is 12.0 Å². The fourth-order valence-electron chi connectivity index (χ4n) is 5.60. The summed E-state index contributed by atoms with van der Waals surface area (Å²) in [6.45, 7) is 10.2. The normalized spacial score (nSPS) is 21.4. The van der Waals surface area contributed by atoms with Crippen LogP contribution in [0, 0.1) is 11.8 Å². The fraction of sp³-hybridized carbons (Fsp3) is 0.344. The lowest BCUT2D eigenvalue weighted by Crippen LogP contribution is -2.39. The molecule has 0 bridgehead atoms. The Labute approximate surface area is 234 Å². The number of rotatable bonds is 8. The van der Waals surface area contributed by atoms with E-state index in [0.717, 1.165) is 65.8 Å². The number of furan rings is 1. The average Bonchev–Trinajstić information content (AvgIpc) is 3.34. The Balaban J connectivity index is 1.31. The molecule has 1 aromatic heterocycles. The summed E-state index contributed by atoms with van der Waals surface area (Å²) in [6.07, 6.45) is 6.26. The molecular formula is C32H36N6O2. The van der Waals surface area contributed by atoms with E-state index in [4.69, 9.17) is 15.1 Å². The first-order valence-electron chi connectivity index (χ1n) is 14.1. The van der Waals surface area contributed by atoms with Gasteiger partial charge < -0.3 is 25.3 Å². The number of nitrogens with one attached hydrogen (secondary N) is 1. The first-order chi connectivity index (χ1) is 19.4. The number of fused-ring (bicyclic) bond motifs is 1. The lowest BCUT2D eigenvalue weighted by molar-refractivity contribution is -0.131. The van der Waals surface area contributed by atoms with Crippen LogP contribution in [0.3, 0.4) is 0 Å². The summed E-state index contributed by atoms with van der Waals surface area (Å²) < 4.78 is 5.50. The smallest absolute Gasteiger partial charge is 0.225 e. The summed E-state index contributed by atoms with van der Waals surface area (Å²) in [6, 6.07) is 16.8. The summed E-state index contributed by atoms with van der Waals surface area (Å²) >= 11 is 0. The standard InChI is InChI=1S/C32H36N6O2/c1-4-34-31-28(29(33)35-20(2)3)36-30(38(31)19-21-13-15-37(18-21)32(39)24-9-10-24)23-7-5-22(6-8-23)25-11-12-27-26(17-25)14-16-40-27/h4-8,11-12,14,16-17,20-21,24,35H,1,9-10,13,15,18-19,33H2,2-3H3/b29-28-,34-31+/t21-/m1/s1. The van der Waals surface area contributed by atoms with Crippen molar-refractivity contribution >= 4 is 28.5 Å². The van der Waals surface area contributed by atoms with Gasteiger partial charge >= 0.3 is 0 Å². The first kappa shape index (κ1) is 25.9. The highest BCUT2D eigenvalue weighted by Gasteiger charge is 2.39. The highest BCUT2D eigenvalue weighted by atomic mass is 16.3. The first-order valence-corrected chi connectivity index (χ1v) is 14.1. The molecular weight excluding hydrogens is 500 g/mol. The van der Waals surface area contributed by atoms with Gasteiger partial charge in [-0.15, -0.1) is 0 Å². The van der Waals surface area contributed by atoms with Crippen LogP contribution in [0.5, 0.6) is 0 Å². The molecule has 2 fully saturated rings. The molecule has 8 heteroatoms. The second-order valence-electron chi connectivity index (χ2n) is 11.2. The number of nitrogens with zero attached hydrogens (tertiary/aromatic N) is 4. The molecule has 40 heavy (non-hydrogen) atoms. The van der Waals surface area contributed by atoms with Crippen molar-refractivity contribution in [2.24, 2.45) is 27.6 Å². The minimum atomic E-state index is 0.147. The minimum absolute atomic E-state index is 0.147. The number of amidine groups is 2. The summed E-state index contributed by atoms with van der Waals surface area (Å²) in [5.74, 6) is 2.82. The highest BCUT2D eigenvalue weighted by Crippen LogP contribution is 2.34. The zero-order chi connectivity index (χ0) is 27.8. The van der Waals surface area contributed by atoms with Gasteiger partial charge in [0.1, 0.15) is 22.9 Å². The summed E-state index contributed by atoms with van der Waals surface area (Å²) in [5, 5.41) is 4.37. The predicted octanol–water partition coefficient (Wildman–Crippen LogP) is 5.09. The van der Waals surface area contributed by atoms with Gasteiger partial charge in [-0.3, -0.25) is 4.79 Å². The lowest BCUT2D eigenvalue weighted by Gasteiger charge is -2.25. The summed E-state index contributed by atoms with van der Waals surface area (Å²) in [4.78, 5) is 26.6. The number of benzene rings is 2. The third-order valence-corrected chi connectivity index (χ3v) is 7.75. The van der Waals surface area contributed by atoms with Gasteiger partial charge in [0, 0.05) is 48.7 Å². The second-order valence-corrected chi connectivity index (χ2v) is 11.2.